The van der Waals surface area contributed by atoms with Crippen LogP contribution in [0.1, 0.15) is 42.4 Å². The van der Waals surface area contributed by atoms with E-state index in [1.807, 2.05) is 25.7 Å². The largest absolute Gasteiger partial charge is 0.340 e. The van der Waals surface area contributed by atoms with Crippen LogP contribution in [0, 0.1) is 12.7 Å². The lowest BCUT2D eigenvalue weighted by Gasteiger charge is -2.27. The molecule has 0 unspecified atom stereocenters. The predicted octanol–water partition coefficient (Wildman–Crippen LogP) is 4.45. The Hall–Kier alpha value is -2.23. The molecular formula is C18H21FN2O. The van der Waals surface area contributed by atoms with Crippen molar-refractivity contribution in [2.45, 2.75) is 34.1 Å². The van der Waals surface area contributed by atoms with Crippen LogP contribution in [0.2, 0.25) is 0 Å². The molecule has 3 nitrogen and oxygen atoms in total. The Balaban J connectivity index is 2.61. The quantitative estimate of drug-likeness (QED) is 0.765. The number of aryl methyl sites for hydroxylation is 2. The van der Waals surface area contributed by atoms with Gasteiger partial charge < -0.3 is 4.90 Å². The number of ketones is 1. The van der Waals surface area contributed by atoms with Gasteiger partial charge in [0.05, 0.1) is 11.9 Å². The molecule has 22 heavy (non-hydrogen) atoms. The number of benzene rings is 1. The molecule has 0 aliphatic carbocycles. The zero-order valence-electron chi connectivity index (χ0n) is 13.5. The van der Waals surface area contributed by atoms with E-state index in [4.69, 9.17) is 0 Å². The average Bonchev–Trinajstić information content (AvgIpc) is 2.50. The standard InChI is InChI=1S/C18H21FN2O/c1-5-14-10-15(19)7-8-17(14)21(6-2)18-11-20-12(3)9-16(18)13(4)22/h7-11H,5-6H2,1-4H3. The normalized spacial score (nSPS) is 10.6. The van der Waals surface area contributed by atoms with E-state index < -0.39 is 0 Å². The first-order valence-electron chi connectivity index (χ1n) is 7.51. The van der Waals surface area contributed by atoms with E-state index in [9.17, 15) is 9.18 Å². The summed E-state index contributed by atoms with van der Waals surface area (Å²) in [7, 11) is 0. The van der Waals surface area contributed by atoms with Crippen LogP contribution in [0.15, 0.2) is 30.5 Å². The van der Waals surface area contributed by atoms with Crippen LogP contribution in [0.5, 0.6) is 0 Å². The van der Waals surface area contributed by atoms with Crippen LogP contribution in [-0.2, 0) is 6.42 Å². The van der Waals surface area contributed by atoms with Gasteiger partial charge in [-0.15, -0.1) is 0 Å². The van der Waals surface area contributed by atoms with E-state index in [1.165, 1.54) is 6.07 Å². The van der Waals surface area contributed by atoms with Gasteiger partial charge in [0.2, 0.25) is 0 Å². The average molecular weight is 300 g/mol. The zero-order chi connectivity index (χ0) is 16.3. The number of carbonyl (C=O) groups is 1. The Morgan fingerprint density at radius 1 is 1.23 bits per heavy atom. The fraction of sp³-hybridized carbons (Fsp3) is 0.333. The first-order chi connectivity index (χ1) is 10.5. The summed E-state index contributed by atoms with van der Waals surface area (Å²) in [6.45, 7) is 8.08. The molecule has 0 atom stereocenters. The molecule has 0 radical (unpaired) electrons. The number of Topliss-reactive ketones (excluding diaryl/α,β-unsaturated/α-hetero) is 1. The number of aromatic nitrogens is 1. The van der Waals surface area contributed by atoms with Gasteiger partial charge in [0.15, 0.2) is 5.78 Å². The minimum absolute atomic E-state index is 0.000824. The lowest BCUT2D eigenvalue weighted by molar-refractivity contribution is 0.101. The number of carbonyl (C=O) groups excluding carboxylic acids is 1. The van der Waals surface area contributed by atoms with E-state index in [1.54, 1.807) is 31.3 Å². The maximum absolute atomic E-state index is 13.5. The third kappa shape index (κ3) is 3.16. The van der Waals surface area contributed by atoms with Gasteiger partial charge in [-0.2, -0.15) is 0 Å². The van der Waals surface area contributed by atoms with E-state index in [0.29, 0.717) is 12.1 Å². The van der Waals surface area contributed by atoms with E-state index in [0.717, 1.165) is 29.1 Å². The third-order valence-electron chi connectivity index (χ3n) is 3.72. The highest BCUT2D eigenvalue weighted by molar-refractivity contribution is 6.00. The minimum Gasteiger partial charge on any atom is -0.340 e. The maximum Gasteiger partial charge on any atom is 0.162 e. The van der Waals surface area contributed by atoms with Gasteiger partial charge in [-0.3, -0.25) is 9.78 Å². The zero-order valence-corrected chi connectivity index (χ0v) is 13.5. The van der Waals surface area contributed by atoms with Gasteiger partial charge >= 0.3 is 0 Å². The highest BCUT2D eigenvalue weighted by atomic mass is 19.1. The Morgan fingerprint density at radius 3 is 2.55 bits per heavy atom. The van der Waals surface area contributed by atoms with Crippen molar-refractivity contribution >= 4 is 17.2 Å². The summed E-state index contributed by atoms with van der Waals surface area (Å²) in [6.07, 6.45) is 2.44. The lowest BCUT2D eigenvalue weighted by Crippen LogP contribution is -2.20. The maximum atomic E-state index is 13.5. The van der Waals surface area contributed by atoms with Gasteiger partial charge in [0.25, 0.3) is 0 Å². The van der Waals surface area contributed by atoms with Crippen LogP contribution < -0.4 is 4.90 Å². The van der Waals surface area contributed by atoms with E-state index >= 15 is 0 Å². The molecule has 1 heterocycles. The van der Waals surface area contributed by atoms with Gasteiger partial charge in [0, 0.05) is 23.5 Å². The number of rotatable bonds is 5. The summed E-state index contributed by atoms with van der Waals surface area (Å²) in [5.41, 5.74) is 4.04. The molecule has 0 N–H and O–H groups in total. The highest BCUT2D eigenvalue weighted by Gasteiger charge is 2.18. The number of pyridine rings is 1. The number of anilines is 2. The molecule has 1 aromatic heterocycles. The Kier molecular flexibility index (Phi) is 4.91. The molecule has 2 rings (SSSR count). The van der Waals surface area contributed by atoms with Crippen molar-refractivity contribution < 1.29 is 9.18 Å². The van der Waals surface area contributed by atoms with Crippen LogP contribution >= 0.6 is 0 Å². The number of halogens is 1. The molecule has 1 aromatic carbocycles. The molecule has 0 bridgehead atoms. The van der Waals surface area contributed by atoms with Gasteiger partial charge in [0.1, 0.15) is 5.82 Å². The van der Waals surface area contributed by atoms with Crippen LogP contribution in [0.3, 0.4) is 0 Å². The molecule has 4 heteroatoms. The van der Waals surface area contributed by atoms with Crippen molar-refractivity contribution in [3.63, 3.8) is 0 Å². The van der Waals surface area contributed by atoms with Gasteiger partial charge in [-0.1, -0.05) is 6.92 Å². The van der Waals surface area contributed by atoms with Crippen LogP contribution in [-0.4, -0.2) is 17.3 Å². The number of hydrogen-bond donors (Lipinski definition) is 0. The topological polar surface area (TPSA) is 33.2 Å². The summed E-state index contributed by atoms with van der Waals surface area (Å²) in [5.74, 6) is -0.246. The number of hydrogen-bond acceptors (Lipinski definition) is 3. The molecule has 0 aliphatic rings. The molecule has 2 aromatic rings. The van der Waals surface area contributed by atoms with Crippen molar-refractivity contribution in [3.05, 3.63) is 53.1 Å². The number of nitrogens with zero attached hydrogens (tertiary/aromatic N) is 2. The summed E-state index contributed by atoms with van der Waals surface area (Å²) < 4.78 is 13.5. The van der Waals surface area contributed by atoms with Crippen molar-refractivity contribution in [3.8, 4) is 0 Å². The second-order valence-electron chi connectivity index (χ2n) is 5.27. The van der Waals surface area contributed by atoms with Crippen molar-refractivity contribution in [2.75, 3.05) is 11.4 Å². The minimum atomic E-state index is -0.245. The third-order valence-corrected chi connectivity index (χ3v) is 3.72. The van der Waals surface area contributed by atoms with Crippen molar-refractivity contribution in [1.82, 2.24) is 4.98 Å². The highest BCUT2D eigenvalue weighted by Crippen LogP contribution is 2.32. The molecule has 116 valence electrons. The van der Waals surface area contributed by atoms with Crippen molar-refractivity contribution in [1.29, 1.82) is 0 Å². The van der Waals surface area contributed by atoms with Crippen LogP contribution in [0.25, 0.3) is 0 Å². The summed E-state index contributed by atoms with van der Waals surface area (Å²) in [6, 6.07) is 6.57. The second kappa shape index (κ2) is 6.69. The summed E-state index contributed by atoms with van der Waals surface area (Å²) in [5, 5.41) is 0. The smallest absolute Gasteiger partial charge is 0.162 e. The molecule has 0 spiro atoms. The molecular weight excluding hydrogens is 279 g/mol. The predicted molar refractivity (Wildman–Crippen MR) is 87.4 cm³/mol. The Labute approximate surface area is 130 Å². The Bertz CT molecular complexity index is 697. The first kappa shape index (κ1) is 16.1. The summed E-state index contributed by atoms with van der Waals surface area (Å²) in [4.78, 5) is 18.3. The lowest BCUT2D eigenvalue weighted by atomic mass is 10.1. The van der Waals surface area contributed by atoms with Crippen LogP contribution in [0.4, 0.5) is 15.8 Å². The molecule has 0 amide bonds. The summed E-state index contributed by atoms with van der Waals surface area (Å²) >= 11 is 0. The van der Waals surface area contributed by atoms with Gasteiger partial charge in [-0.05, 0) is 57.0 Å². The van der Waals surface area contributed by atoms with E-state index in [2.05, 4.69) is 4.98 Å². The SMILES string of the molecule is CCc1cc(F)ccc1N(CC)c1cnc(C)cc1C(C)=O. The van der Waals surface area contributed by atoms with E-state index in [-0.39, 0.29) is 11.6 Å². The second-order valence-corrected chi connectivity index (χ2v) is 5.27. The molecule has 0 fully saturated rings. The fourth-order valence-corrected chi connectivity index (χ4v) is 2.62. The molecule has 0 aliphatic heterocycles. The first-order valence-corrected chi connectivity index (χ1v) is 7.51. The molecule has 0 saturated carbocycles. The van der Waals surface area contributed by atoms with Crippen molar-refractivity contribution in [2.24, 2.45) is 0 Å². The fourth-order valence-electron chi connectivity index (χ4n) is 2.62. The Morgan fingerprint density at radius 2 is 1.95 bits per heavy atom. The monoisotopic (exact) mass is 300 g/mol. The van der Waals surface area contributed by atoms with Gasteiger partial charge in [-0.25, -0.2) is 4.39 Å². The molecule has 0 saturated heterocycles.